The third-order valence-electron chi connectivity index (χ3n) is 1.56. The number of rotatable bonds is 2. The van der Waals surface area contributed by atoms with Crippen molar-refractivity contribution >= 4 is 65.6 Å². The summed E-state index contributed by atoms with van der Waals surface area (Å²) in [4.78, 5) is 15.7. The molecule has 3 nitrogen and oxygen atoms in total. The van der Waals surface area contributed by atoms with Gasteiger partial charge in [-0.15, -0.1) is 11.3 Å². The maximum Gasteiger partial charge on any atom is 0.259 e. The molecule has 15 heavy (non-hydrogen) atoms. The maximum atomic E-state index is 11.7. The molecule has 0 spiro atoms. The highest BCUT2D eigenvalue weighted by Gasteiger charge is 2.12. The zero-order valence-electron chi connectivity index (χ0n) is 7.16. The van der Waals surface area contributed by atoms with Gasteiger partial charge in [0.1, 0.15) is 0 Å². The fraction of sp³-hybridized carbons (Fsp3) is 0. The molecule has 0 radical (unpaired) electrons. The van der Waals surface area contributed by atoms with Crippen molar-refractivity contribution in [2.24, 2.45) is 0 Å². The molecule has 2 aromatic rings. The molecule has 0 atom stereocenters. The molecule has 0 bridgehead atoms. The minimum absolute atomic E-state index is 0.148. The van der Waals surface area contributed by atoms with Gasteiger partial charge in [0.15, 0.2) is 5.13 Å². The molecular weight excluding hydrogens is 364 g/mol. The van der Waals surface area contributed by atoms with E-state index < -0.39 is 0 Å². The number of halogens is 2. The van der Waals surface area contributed by atoms with Gasteiger partial charge in [-0.2, -0.15) is 0 Å². The molecule has 0 aromatic carbocycles. The third kappa shape index (κ3) is 2.66. The Morgan fingerprint density at radius 2 is 2.27 bits per heavy atom. The van der Waals surface area contributed by atoms with Crippen molar-refractivity contribution < 1.29 is 4.79 Å². The quantitative estimate of drug-likeness (QED) is 0.872. The van der Waals surface area contributed by atoms with E-state index >= 15 is 0 Å². The van der Waals surface area contributed by atoms with Crippen LogP contribution in [-0.4, -0.2) is 10.9 Å². The van der Waals surface area contributed by atoms with Gasteiger partial charge in [0.2, 0.25) is 0 Å². The van der Waals surface area contributed by atoms with Gasteiger partial charge in [0, 0.05) is 0 Å². The number of aromatic nitrogens is 1. The van der Waals surface area contributed by atoms with E-state index in [4.69, 9.17) is 0 Å². The lowest BCUT2D eigenvalue weighted by atomic mass is 10.3. The summed E-state index contributed by atoms with van der Waals surface area (Å²) in [6.45, 7) is 0. The van der Waals surface area contributed by atoms with Crippen LogP contribution in [0.2, 0.25) is 0 Å². The smallest absolute Gasteiger partial charge is 0.259 e. The van der Waals surface area contributed by atoms with Crippen LogP contribution in [0.4, 0.5) is 5.13 Å². The number of anilines is 1. The number of hydrogen-bond donors (Lipinski definition) is 1. The van der Waals surface area contributed by atoms with Gasteiger partial charge in [0.05, 0.1) is 19.3 Å². The molecule has 0 aliphatic rings. The van der Waals surface area contributed by atoms with E-state index in [1.807, 2.05) is 5.38 Å². The molecule has 2 heterocycles. The Labute approximate surface area is 111 Å². The fourth-order valence-corrected chi connectivity index (χ4v) is 3.28. The van der Waals surface area contributed by atoms with Crippen LogP contribution in [0, 0.1) is 0 Å². The van der Waals surface area contributed by atoms with Crippen LogP contribution < -0.4 is 5.32 Å². The average molecular weight is 368 g/mol. The van der Waals surface area contributed by atoms with E-state index in [-0.39, 0.29) is 5.91 Å². The van der Waals surface area contributed by atoms with Gasteiger partial charge in [0.25, 0.3) is 5.91 Å². The summed E-state index contributed by atoms with van der Waals surface area (Å²) in [6, 6.07) is 1.77. The predicted molar refractivity (Wildman–Crippen MR) is 69.8 cm³/mol. The maximum absolute atomic E-state index is 11.7. The second-order valence-electron chi connectivity index (χ2n) is 2.53. The first kappa shape index (κ1) is 11.3. The first-order valence-electron chi connectivity index (χ1n) is 3.82. The van der Waals surface area contributed by atoms with E-state index in [2.05, 4.69) is 42.2 Å². The van der Waals surface area contributed by atoms with Crippen molar-refractivity contribution in [2.45, 2.75) is 0 Å². The van der Waals surface area contributed by atoms with Crippen LogP contribution in [0.1, 0.15) is 10.4 Å². The molecule has 2 rings (SSSR count). The van der Waals surface area contributed by atoms with Crippen molar-refractivity contribution in [1.82, 2.24) is 4.98 Å². The number of thiophene rings is 1. The Hall–Kier alpha value is -0.240. The second kappa shape index (κ2) is 4.73. The summed E-state index contributed by atoms with van der Waals surface area (Å²) in [5.41, 5.74) is 0.631. The molecular formula is C8H4Br2N2OS2. The number of carbonyl (C=O) groups excluding carboxylic acids is 1. The van der Waals surface area contributed by atoms with Crippen LogP contribution >= 0.6 is 54.5 Å². The van der Waals surface area contributed by atoms with Crippen molar-refractivity contribution in [3.63, 3.8) is 0 Å². The normalized spacial score (nSPS) is 10.3. The molecule has 0 aliphatic carbocycles. The molecule has 1 amide bonds. The zero-order valence-corrected chi connectivity index (χ0v) is 12.0. The first-order valence-corrected chi connectivity index (χ1v) is 7.10. The summed E-state index contributed by atoms with van der Waals surface area (Å²) in [7, 11) is 0. The first-order chi connectivity index (χ1) is 7.16. The fourth-order valence-electron chi connectivity index (χ4n) is 0.932. The zero-order chi connectivity index (χ0) is 10.8. The molecule has 7 heteroatoms. The van der Waals surface area contributed by atoms with Crippen LogP contribution in [0.25, 0.3) is 0 Å². The van der Waals surface area contributed by atoms with E-state index in [1.165, 1.54) is 22.7 Å². The highest BCUT2D eigenvalue weighted by Crippen LogP contribution is 2.26. The lowest BCUT2D eigenvalue weighted by Gasteiger charge is -1.98. The highest BCUT2D eigenvalue weighted by molar-refractivity contribution is 9.11. The summed E-state index contributed by atoms with van der Waals surface area (Å²) >= 11 is 9.46. The molecule has 0 saturated carbocycles. The van der Waals surface area contributed by atoms with Crippen LogP contribution in [0.3, 0.4) is 0 Å². The Balaban J connectivity index is 2.14. The second-order valence-corrected chi connectivity index (χ2v) is 7.18. The minimum Gasteiger partial charge on any atom is -0.298 e. The van der Waals surface area contributed by atoms with Gasteiger partial charge >= 0.3 is 0 Å². The molecule has 0 fully saturated rings. The topological polar surface area (TPSA) is 42.0 Å². The number of thiazole rings is 1. The van der Waals surface area contributed by atoms with Crippen molar-refractivity contribution in [1.29, 1.82) is 0 Å². The molecule has 0 aliphatic heterocycles. The largest absolute Gasteiger partial charge is 0.298 e. The van der Waals surface area contributed by atoms with E-state index in [0.29, 0.717) is 10.7 Å². The molecule has 1 N–H and O–H groups in total. The van der Waals surface area contributed by atoms with Gasteiger partial charge in [-0.1, -0.05) is 11.3 Å². The number of hydrogen-bond acceptors (Lipinski definition) is 4. The predicted octanol–water partition coefficient (Wildman–Crippen LogP) is 3.98. The summed E-state index contributed by atoms with van der Waals surface area (Å²) in [6.07, 6.45) is 1.66. The highest BCUT2D eigenvalue weighted by atomic mass is 79.9. The Morgan fingerprint density at radius 1 is 1.47 bits per heavy atom. The summed E-state index contributed by atoms with van der Waals surface area (Å²) in [5, 5.41) is 5.17. The van der Waals surface area contributed by atoms with Crippen molar-refractivity contribution in [3.05, 3.63) is 30.8 Å². The molecule has 78 valence electrons. The van der Waals surface area contributed by atoms with Gasteiger partial charge < -0.3 is 0 Å². The molecule has 0 saturated heterocycles. The minimum atomic E-state index is -0.148. The molecule has 2 aromatic heterocycles. The lowest BCUT2D eigenvalue weighted by molar-refractivity contribution is 0.102. The number of nitrogens with one attached hydrogen (secondary N) is 1. The number of carbonyl (C=O) groups is 1. The van der Waals surface area contributed by atoms with E-state index in [9.17, 15) is 4.79 Å². The van der Waals surface area contributed by atoms with Crippen LogP contribution in [-0.2, 0) is 0 Å². The number of nitrogens with zero attached hydrogens (tertiary/aromatic N) is 1. The lowest BCUT2D eigenvalue weighted by Crippen LogP contribution is -2.10. The Kier molecular flexibility index (Phi) is 3.55. The van der Waals surface area contributed by atoms with Gasteiger partial charge in [-0.25, -0.2) is 4.98 Å². The van der Waals surface area contributed by atoms with Crippen molar-refractivity contribution in [3.8, 4) is 0 Å². The summed E-state index contributed by atoms with van der Waals surface area (Å²) in [5.74, 6) is -0.148. The third-order valence-corrected chi connectivity index (χ3v) is 4.64. The standard InChI is InChI=1S/C8H4Br2N2OS2/c9-5-3-11-8(15-5)12-7(13)4-1-2-14-6(4)10/h1-3H,(H,11,12,13). The Morgan fingerprint density at radius 3 is 2.80 bits per heavy atom. The number of amides is 1. The van der Waals surface area contributed by atoms with Gasteiger partial charge in [-0.3, -0.25) is 10.1 Å². The van der Waals surface area contributed by atoms with Crippen molar-refractivity contribution in [2.75, 3.05) is 5.32 Å². The van der Waals surface area contributed by atoms with Crippen LogP contribution in [0.5, 0.6) is 0 Å². The monoisotopic (exact) mass is 366 g/mol. The van der Waals surface area contributed by atoms with Crippen LogP contribution in [0.15, 0.2) is 25.2 Å². The summed E-state index contributed by atoms with van der Waals surface area (Å²) < 4.78 is 1.72. The average Bonchev–Trinajstić information content (AvgIpc) is 2.75. The van der Waals surface area contributed by atoms with E-state index in [1.54, 1.807) is 12.3 Å². The van der Waals surface area contributed by atoms with Gasteiger partial charge in [-0.05, 0) is 43.3 Å². The SMILES string of the molecule is O=C(Nc1ncc(Br)s1)c1ccsc1Br. The van der Waals surface area contributed by atoms with E-state index in [0.717, 1.165) is 7.57 Å². The molecule has 0 unspecified atom stereocenters. The Bertz CT molecular complexity index is 494.